The Labute approximate surface area is 130 Å². The van der Waals surface area contributed by atoms with E-state index in [9.17, 15) is 13.2 Å². The molecule has 0 unspecified atom stereocenters. The van der Waals surface area contributed by atoms with Gasteiger partial charge in [0.2, 0.25) is 0 Å². The van der Waals surface area contributed by atoms with Gasteiger partial charge in [-0.3, -0.25) is 4.98 Å². The van der Waals surface area contributed by atoms with Crippen LogP contribution in [0.1, 0.15) is 25.7 Å². The summed E-state index contributed by atoms with van der Waals surface area (Å²) >= 11 is 6.01. The van der Waals surface area contributed by atoms with Crippen LogP contribution in [0.4, 0.5) is 13.2 Å². The zero-order valence-electron chi connectivity index (χ0n) is 11.6. The van der Waals surface area contributed by atoms with E-state index in [0.29, 0.717) is 34.6 Å². The molecule has 0 aromatic carbocycles. The molecule has 0 radical (unpaired) electrons. The first-order chi connectivity index (χ1) is 10.4. The quantitative estimate of drug-likeness (QED) is 0.743. The highest BCUT2D eigenvalue weighted by Gasteiger charge is 2.41. The van der Waals surface area contributed by atoms with Crippen LogP contribution in [0, 0.1) is 5.92 Å². The van der Waals surface area contributed by atoms with Gasteiger partial charge in [0.1, 0.15) is 10.7 Å². The van der Waals surface area contributed by atoms with E-state index in [2.05, 4.69) is 9.97 Å². The predicted molar refractivity (Wildman–Crippen MR) is 77.0 cm³/mol. The van der Waals surface area contributed by atoms with Crippen LogP contribution < -0.4 is 4.74 Å². The van der Waals surface area contributed by atoms with Crippen LogP contribution in [0.15, 0.2) is 24.5 Å². The van der Waals surface area contributed by atoms with Gasteiger partial charge in [-0.2, -0.15) is 13.2 Å². The lowest BCUT2D eigenvalue weighted by molar-refractivity contribution is -0.185. The maximum atomic E-state index is 12.7. The Bertz CT molecular complexity index is 669. The number of alkyl halides is 3. The Hall–Kier alpha value is -1.56. The molecule has 0 saturated heterocycles. The van der Waals surface area contributed by atoms with E-state index in [0.717, 1.165) is 0 Å². The smallest absolute Gasteiger partial charge is 0.391 e. The fourth-order valence-electron chi connectivity index (χ4n) is 2.79. The highest BCUT2D eigenvalue weighted by molar-refractivity contribution is 6.34. The summed E-state index contributed by atoms with van der Waals surface area (Å²) in [6.07, 6.45) is -0.309. The molecule has 0 bridgehead atoms. The molecule has 3 rings (SSSR count). The highest BCUT2D eigenvalue weighted by Crippen LogP contribution is 2.39. The van der Waals surface area contributed by atoms with Crippen LogP contribution in [-0.2, 0) is 0 Å². The van der Waals surface area contributed by atoms with Gasteiger partial charge in [-0.15, -0.1) is 0 Å². The number of pyridine rings is 2. The SMILES string of the molecule is FC(F)(F)[C@H]1CC[C@H](Oc2cnc(Cl)c3cccnc23)CC1. The lowest BCUT2D eigenvalue weighted by Gasteiger charge is -2.30. The molecular formula is C15H14ClF3N2O. The molecule has 1 saturated carbocycles. The first-order valence-electron chi connectivity index (χ1n) is 7.08. The molecule has 0 spiro atoms. The number of fused-ring (bicyclic) bond motifs is 1. The van der Waals surface area contributed by atoms with Crippen molar-refractivity contribution in [3.05, 3.63) is 29.7 Å². The summed E-state index contributed by atoms with van der Waals surface area (Å²) in [5.41, 5.74) is 0.584. The Morgan fingerprint density at radius 1 is 1.14 bits per heavy atom. The Kier molecular flexibility index (Phi) is 4.12. The van der Waals surface area contributed by atoms with E-state index in [-0.39, 0.29) is 18.9 Å². The average molecular weight is 331 g/mol. The summed E-state index contributed by atoms with van der Waals surface area (Å²) in [4.78, 5) is 8.28. The maximum absolute atomic E-state index is 12.7. The number of hydrogen-bond acceptors (Lipinski definition) is 3. The number of hydrogen-bond donors (Lipinski definition) is 0. The van der Waals surface area contributed by atoms with Gasteiger partial charge >= 0.3 is 6.18 Å². The van der Waals surface area contributed by atoms with Gasteiger partial charge in [0, 0.05) is 11.6 Å². The first-order valence-corrected chi connectivity index (χ1v) is 7.45. The molecule has 2 heterocycles. The topological polar surface area (TPSA) is 35.0 Å². The zero-order valence-corrected chi connectivity index (χ0v) is 12.4. The molecule has 118 valence electrons. The van der Waals surface area contributed by atoms with Gasteiger partial charge < -0.3 is 4.74 Å². The second-order valence-electron chi connectivity index (χ2n) is 5.45. The fraction of sp³-hybridized carbons (Fsp3) is 0.467. The zero-order chi connectivity index (χ0) is 15.7. The minimum Gasteiger partial charge on any atom is -0.487 e. The number of rotatable bonds is 2. The molecular weight excluding hydrogens is 317 g/mol. The third kappa shape index (κ3) is 3.11. The minimum absolute atomic E-state index is 0.0978. The Morgan fingerprint density at radius 2 is 1.86 bits per heavy atom. The van der Waals surface area contributed by atoms with Gasteiger partial charge in [0.05, 0.1) is 18.2 Å². The van der Waals surface area contributed by atoms with Gasteiger partial charge in [-0.1, -0.05) is 11.6 Å². The minimum atomic E-state index is -4.11. The van der Waals surface area contributed by atoms with Gasteiger partial charge in [0.25, 0.3) is 0 Å². The van der Waals surface area contributed by atoms with Crippen LogP contribution in [0.3, 0.4) is 0 Å². The van der Waals surface area contributed by atoms with Crippen molar-refractivity contribution < 1.29 is 17.9 Å². The molecule has 7 heteroatoms. The first kappa shape index (κ1) is 15.3. The molecule has 0 N–H and O–H groups in total. The van der Waals surface area contributed by atoms with Crippen molar-refractivity contribution in [2.24, 2.45) is 5.92 Å². The number of halogens is 4. The van der Waals surface area contributed by atoms with Crippen molar-refractivity contribution in [1.82, 2.24) is 9.97 Å². The highest BCUT2D eigenvalue weighted by atomic mass is 35.5. The largest absolute Gasteiger partial charge is 0.487 e. The maximum Gasteiger partial charge on any atom is 0.391 e. The van der Waals surface area contributed by atoms with Crippen molar-refractivity contribution in [2.75, 3.05) is 0 Å². The van der Waals surface area contributed by atoms with Crippen LogP contribution in [0.5, 0.6) is 5.75 Å². The monoisotopic (exact) mass is 330 g/mol. The van der Waals surface area contributed by atoms with Crippen molar-refractivity contribution in [3.63, 3.8) is 0 Å². The van der Waals surface area contributed by atoms with Crippen LogP contribution in [-0.4, -0.2) is 22.2 Å². The standard InChI is InChI=1S/C15H14ClF3N2O/c16-14-11-2-1-7-20-13(11)12(8-21-14)22-10-5-3-9(4-6-10)15(17,18)19/h1-2,7-10H,3-6H2/t9-,10-. The fourth-order valence-corrected chi connectivity index (χ4v) is 2.99. The lowest BCUT2D eigenvalue weighted by Crippen LogP contribution is -2.31. The van der Waals surface area contributed by atoms with Crippen molar-refractivity contribution in [2.45, 2.75) is 38.0 Å². The molecule has 1 fully saturated rings. The summed E-state index contributed by atoms with van der Waals surface area (Å²) in [5, 5.41) is 1.00. The molecule has 0 atom stereocenters. The molecule has 0 aliphatic heterocycles. The Balaban J connectivity index is 1.74. The Morgan fingerprint density at radius 3 is 2.55 bits per heavy atom. The van der Waals surface area contributed by atoms with Crippen molar-refractivity contribution in [1.29, 1.82) is 0 Å². The van der Waals surface area contributed by atoms with E-state index in [4.69, 9.17) is 16.3 Å². The molecule has 22 heavy (non-hydrogen) atoms. The molecule has 2 aromatic rings. The van der Waals surface area contributed by atoms with Crippen LogP contribution in [0.2, 0.25) is 5.15 Å². The van der Waals surface area contributed by atoms with E-state index in [1.807, 2.05) is 0 Å². The van der Waals surface area contributed by atoms with Crippen LogP contribution in [0.25, 0.3) is 10.9 Å². The van der Waals surface area contributed by atoms with E-state index < -0.39 is 12.1 Å². The van der Waals surface area contributed by atoms with Gasteiger partial charge in [-0.25, -0.2) is 4.98 Å². The van der Waals surface area contributed by atoms with Gasteiger partial charge in [-0.05, 0) is 37.8 Å². The molecule has 1 aliphatic carbocycles. The number of nitrogens with zero attached hydrogens (tertiary/aromatic N) is 2. The van der Waals surface area contributed by atoms with Crippen LogP contribution >= 0.6 is 11.6 Å². The normalized spacial score (nSPS) is 22.7. The second kappa shape index (κ2) is 5.91. The third-order valence-electron chi connectivity index (χ3n) is 3.99. The van der Waals surface area contributed by atoms with E-state index in [1.165, 1.54) is 6.20 Å². The summed E-state index contributed by atoms with van der Waals surface area (Å²) in [5.74, 6) is -0.749. The summed E-state index contributed by atoms with van der Waals surface area (Å²) in [6.45, 7) is 0. The lowest BCUT2D eigenvalue weighted by atomic mass is 9.87. The summed E-state index contributed by atoms with van der Waals surface area (Å²) in [6, 6.07) is 3.53. The number of aromatic nitrogens is 2. The molecule has 2 aromatic heterocycles. The molecule has 3 nitrogen and oxygen atoms in total. The van der Waals surface area contributed by atoms with E-state index in [1.54, 1.807) is 18.3 Å². The molecule has 1 aliphatic rings. The van der Waals surface area contributed by atoms with Gasteiger partial charge in [0.15, 0.2) is 5.75 Å². The number of ether oxygens (including phenoxy) is 1. The van der Waals surface area contributed by atoms with Crippen molar-refractivity contribution >= 4 is 22.5 Å². The third-order valence-corrected chi connectivity index (χ3v) is 4.29. The molecule has 0 amide bonds. The van der Waals surface area contributed by atoms with E-state index >= 15 is 0 Å². The summed E-state index contributed by atoms with van der Waals surface area (Å²) < 4.78 is 43.9. The predicted octanol–water partition coefficient (Wildman–Crippen LogP) is 4.78. The second-order valence-corrected chi connectivity index (χ2v) is 5.80. The summed E-state index contributed by atoms with van der Waals surface area (Å²) in [7, 11) is 0. The van der Waals surface area contributed by atoms with Crippen molar-refractivity contribution in [3.8, 4) is 5.75 Å². The average Bonchev–Trinajstić information content (AvgIpc) is 2.50.